The van der Waals surface area contributed by atoms with Crippen LogP contribution in [-0.2, 0) is 10.8 Å². The van der Waals surface area contributed by atoms with E-state index in [2.05, 4.69) is 181 Å². The maximum atomic E-state index is 2.58. The third-order valence-electron chi connectivity index (χ3n) is 20.0. The molecule has 0 unspecified atom stereocenters. The van der Waals surface area contributed by atoms with Crippen LogP contribution in [0.3, 0.4) is 0 Å². The van der Waals surface area contributed by atoms with E-state index in [4.69, 9.17) is 0 Å². The van der Waals surface area contributed by atoms with Crippen molar-refractivity contribution in [3.63, 3.8) is 0 Å². The first-order valence-corrected chi connectivity index (χ1v) is 26.1. The van der Waals surface area contributed by atoms with Gasteiger partial charge < -0.3 is 4.90 Å². The summed E-state index contributed by atoms with van der Waals surface area (Å²) in [6, 6.07) is 68.8. The van der Waals surface area contributed by atoms with Gasteiger partial charge in [-0.05, 0) is 232 Å². The van der Waals surface area contributed by atoms with Crippen LogP contribution >= 0.6 is 0 Å². The van der Waals surface area contributed by atoms with Crippen molar-refractivity contribution < 1.29 is 0 Å². The third kappa shape index (κ3) is 5.06. The van der Waals surface area contributed by atoms with Crippen LogP contribution in [0, 0.1) is 47.3 Å². The van der Waals surface area contributed by atoms with Crippen molar-refractivity contribution in [2.24, 2.45) is 47.3 Å². The van der Waals surface area contributed by atoms with Crippen LogP contribution in [0.5, 0.6) is 0 Å². The molecule has 0 heterocycles. The third-order valence-corrected chi connectivity index (χ3v) is 20.0. The van der Waals surface area contributed by atoms with Gasteiger partial charge in [-0.25, -0.2) is 0 Å². The van der Waals surface area contributed by atoms with Crippen molar-refractivity contribution in [3.05, 3.63) is 198 Å². The van der Waals surface area contributed by atoms with Crippen molar-refractivity contribution in [2.45, 2.75) is 75.0 Å². The first-order valence-electron chi connectivity index (χ1n) is 26.1. The number of nitrogens with zero attached hydrogens (tertiary/aromatic N) is 1. The molecule has 8 saturated carbocycles. The molecule has 8 fully saturated rings. The fraction of sp³-hybridized carbons (Fsp3) is 0.303. The van der Waals surface area contributed by atoms with Gasteiger partial charge >= 0.3 is 0 Å². The molecule has 0 aromatic heterocycles. The predicted molar refractivity (Wildman–Crippen MR) is 276 cm³/mol. The predicted octanol–water partition coefficient (Wildman–Crippen LogP) is 17.1. The van der Waals surface area contributed by atoms with Crippen molar-refractivity contribution in [1.82, 2.24) is 0 Å². The first kappa shape index (κ1) is 37.9. The Bertz CT molecular complexity index is 3300. The Morgan fingerprint density at radius 1 is 0.299 bits per heavy atom. The van der Waals surface area contributed by atoms with E-state index >= 15 is 0 Å². The van der Waals surface area contributed by atoms with E-state index < -0.39 is 0 Å². The molecule has 8 aromatic carbocycles. The van der Waals surface area contributed by atoms with Crippen LogP contribution < -0.4 is 4.90 Å². The molecule has 1 nitrogen and oxygen atoms in total. The fourth-order valence-electron chi connectivity index (χ4n) is 18.2. The van der Waals surface area contributed by atoms with E-state index in [1.807, 2.05) is 0 Å². The second-order valence-corrected chi connectivity index (χ2v) is 22.9. The lowest BCUT2D eigenvalue weighted by Gasteiger charge is -2.61. The highest BCUT2D eigenvalue weighted by Gasteiger charge is 2.63. The minimum atomic E-state index is 0.158. The van der Waals surface area contributed by atoms with E-state index in [0.29, 0.717) is 0 Å². The Morgan fingerprint density at radius 3 is 1.42 bits per heavy atom. The topological polar surface area (TPSA) is 3.24 Å². The van der Waals surface area contributed by atoms with Crippen LogP contribution in [0.2, 0.25) is 0 Å². The number of rotatable bonds is 5. The number of fused-ring (bicyclic) bond motifs is 7. The number of benzene rings is 8. The molecular formula is C66H57N. The zero-order valence-electron chi connectivity index (χ0n) is 38.4. The SMILES string of the molecule is c1ccc(-c2cccc(N(c3ccc4c(c3)-c3ccccc3C43C4CC5CC(C4)CC3C5)c3ccc4c(-c5ccc6c(c5)-c5ccccc5C65C6CC7CC(C6)CC5C7)cccc4c3)c2)cc1. The lowest BCUT2D eigenvalue weighted by molar-refractivity contribution is -0.0399. The van der Waals surface area contributed by atoms with E-state index in [1.165, 1.54) is 137 Å². The van der Waals surface area contributed by atoms with Gasteiger partial charge in [0, 0.05) is 27.9 Å². The second-order valence-electron chi connectivity index (χ2n) is 22.9. The lowest BCUT2D eigenvalue weighted by atomic mass is 9.43. The molecule has 67 heavy (non-hydrogen) atoms. The summed E-state index contributed by atoms with van der Waals surface area (Å²) in [5, 5.41) is 2.59. The standard InChI is InChI=1S/C66H57N/c1-2-10-44(11-3-1)45-12-8-14-52(36-45)67(54-22-25-64-60(39-54)58-16-5-7-19-62(58)66(64)50-32-42-27-43(34-50)35-51(66)33-42)53-21-23-56-46(37-53)13-9-17-55(56)47-20-24-63-59(38-47)57-15-4-6-18-61(57)65(63)48-28-40-26-41(30-48)31-49(65)29-40/h1-25,36-43,48-51H,26-35H2. The highest BCUT2D eigenvalue weighted by Crippen LogP contribution is 2.71. The Labute approximate surface area is 395 Å². The van der Waals surface area contributed by atoms with Gasteiger partial charge in [0.05, 0.1) is 0 Å². The maximum Gasteiger partial charge on any atom is 0.0468 e. The molecule has 0 atom stereocenters. The monoisotopic (exact) mass is 863 g/mol. The van der Waals surface area contributed by atoms with E-state index in [-0.39, 0.29) is 10.8 Å². The summed E-state index contributed by atoms with van der Waals surface area (Å²) in [6.45, 7) is 0. The number of hydrogen-bond donors (Lipinski definition) is 0. The molecule has 10 aliphatic carbocycles. The summed E-state index contributed by atoms with van der Waals surface area (Å²) < 4.78 is 0. The highest BCUT2D eigenvalue weighted by atomic mass is 15.1. The molecule has 0 radical (unpaired) electrons. The Hall–Kier alpha value is -6.18. The maximum absolute atomic E-state index is 2.58. The molecule has 1 heteroatoms. The summed E-state index contributed by atoms with van der Waals surface area (Å²) in [5.41, 5.74) is 21.5. The first-order chi connectivity index (χ1) is 33.1. The zero-order valence-corrected chi connectivity index (χ0v) is 38.4. The van der Waals surface area contributed by atoms with E-state index in [9.17, 15) is 0 Å². The minimum Gasteiger partial charge on any atom is -0.310 e. The van der Waals surface area contributed by atoms with Gasteiger partial charge in [0.25, 0.3) is 0 Å². The lowest BCUT2D eigenvalue weighted by Crippen LogP contribution is -2.55. The summed E-state index contributed by atoms with van der Waals surface area (Å²) in [6.07, 6.45) is 14.3. The summed E-state index contributed by atoms with van der Waals surface area (Å²) in [5.74, 6) is 6.84. The van der Waals surface area contributed by atoms with Crippen LogP contribution in [0.1, 0.15) is 86.5 Å². The molecule has 10 aliphatic rings. The van der Waals surface area contributed by atoms with Gasteiger partial charge in [-0.15, -0.1) is 0 Å². The minimum absolute atomic E-state index is 0.158. The average molecular weight is 864 g/mol. The van der Waals surface area contributed by atoms with Crippen molar-refractivity contribution in [2.75, 3.05) is 4.90 Å². The quantitative estimate of drug-likeness (QED) is 0.167. The van der Waals surface area contributed by atoms with Gasteiger partial charge in [0.15, 0.2) is 0 Å². The molecule has 2 spiro atoms. The number of hydrogen-bond acceptors (Lipinski definition) is 1. The molecule has 0 aliphatic heterocycles. The molecule has 8 aromatic rings. The van der Waals surface area contributed by atoms with Gasteiger partial charge in [0.1, 0.15) is 0 Å². The Morgan fingerprint density at radius 2 is 0.776 bits per heavy atom. The van der Waals surface area contributed by atoms with Crippen molar-refractivity contribution >= 4 is 27.8 Å². The Kier molecular flexibility index (Phi) is 7.75. The van der Waals surface area contributed by atoms with Crippen LogP contribution in [0.4, 0.5) is 17.1 Å². The molecule has 8 bridgehead atoms. The second kappa shape index (κ2) is 13.7. The summed E-state index contributed by atoms with van der Waals surface area (Å²) >= 11 is 0. The van der Waals surface area contributed by atoms with Crippen LogP contribution in [0.25, 0.3) is 55.3 Å². The van der Waals surface area contributed by atoms with Crippen LogP contribution in [0.15, 0.2) is 176 Å². The van der Waals surface area contributed by atoms with Crippen molar-refractivity contribution in [3.8, 4) is 44.5 Å². The van der Waals surface area contributed by atoms with Crippen LogP contribution in [-0.4, -0.2) is 0 Å². The average Bonchev–Trinajstić information content (AvgIpc) is 3.82. The Balaban J connectivity index is 0.835. The summed E-state index contributed by atoms with van der Waals surface area (Å²) in [7, 11) is 0. The van der Waals surface area contributed by atoms with E-state index in [1.54, 1.807) is 22.3 Å². The normalized spacial score (nSPS) is 30.5. The van der Waals surface area contributed by atoms with Gasteiger partial charge in [-0.1, -0.05) is 133 Å². The van der Waals surface area contributed by atoms with Gasteiger partial charge in [-0.3, -0.25) is 0 Å². The molecule has 18 rings (SSSR count). The van der Waals surface area contributed by atoms with Crippen molar-refractivity contribution in [1.29, 1.82) is 0 Å². The highest BCUT2D eigenvalue weighted by molar-refractivity contribution is 6.01. The molecule has 0 N–H and O–H groups in total. The molecular weight excluding hydrogens is 807 g/mol. The zero-order chi connectivity index (χ0) is 43.6. The largest absolute Gasteiger partial charge is 0.310 e. The van der Waals surface area contributed by atoms with Gasteiger partial charge in [0.2, 0.25) is 0 Å². The number of anilines is 3. The van der Waals surface area contributed by atoms with E-state index in [0.717, 1.165) is 47.3 Å². The molecule has 0 amide bonds. The smallest absolute Gasteiger partial charge is 0.0468 e. The molecule has 326 valence electrons. The summed E-state index contributed by atoms with van der Waals surface area (Å²) in [4.78, 5) is 2.54. The van der Waals surface area contributed by atoms with Gasteiger partial charge in [-0.2, -0.15) is 0 Å². The fourth-order valence-corrected chi connectivity index (χ4v) is 18.2. The molecule has 0 saturated heterocycles.